The monoisotopic (exact) mass is 468 g/mol. The van der Waals surface area contributed by atoms with Crippen LogP contribution in [0.5, 0.6) is 0 Å². The minimum Gasteiger partial charge on any atom is -0.353 e. The highest BCUT2D eigenvalue weighted by atomic mass is 32.2. The number of hydrogen-bond acceptors (Lipinski definition) is 5. The summed E-state index contributed by atoms with van der Waals surface area (Å²) in [6.45, 7) is 2.08. The Morgan fingerprint density at radius 3 is 2.72 bits per heavy atom. The largest absolute Gasteiger partial charge is 0.353 e. The summed E-state index contributed by atoms with van der Waals surface area (Å²) < 4.78 is 2.33. The number of rotatable bonds is 10. The molecule has 5 nitrogen and oxygen atoms in total. The summed E-state index contributed by atoms with van der Waals surface area (Å²) in [6.07, 6.45) is 8.88. The fraction of sp³-hybridized carbons (Fsp3) is 0.480. The predicted molar refractivity (Wildman–Crippen MR) is 132 cm³/mol. The maximum absolute atomic E-state index is 12.6. The first kappa shape index (κ1) is 23.1. The first-order valence-corrected chi connectivity index (χ1v) is 13.5. The van der Waals surface area contributed by atoms with Crippen molar-refractivity contribution in [2.75, 3.05) is 5.75 Å². The molecule has 1 aliphatic carbocycles. The van der Waals surface area contributed by atoms with Crippen LogP contribution < -0.4 is 5.32 Å². The molecule has 3 aromatic rings. The van der Waals surface area contributed by atoms with Gasteiger partial charge in [0.1, 0.15) is 5.82 Å². The Morgan fingerprint density at radius 2 is 1.97 bits per heavy atom. The molecule has 1 fully saturated rings. The van der Waals surface area contributed by atoms with E-state index < -0.39 is 0 Å². The quantitative estimate of drug-likeness (QED) is 0.390. The highest BCUT2D eigenvalue weighted by Crippen LogP contribution is 2.33. The number of thioether (sulfide) groups is 1. The zero-order chi connectivity index (χ0) is 22.2. The van der Waals surface area contributed by atoms with E-state index in [0.717, 1.165) is 30.2 Å². The van der Waals surface area contributed by atoms with Crippen LogP contribution in [0.2, 0.25) is 0 Å². The molecule has 0 aliphatic heterocycles. The number of amides is 1. The van der Waals surface area contributed by atoms with Gasteiger partial charge in [0.2, 0.25) is 5.91 Å². The topological polar surface area (TPSA) is 59.8 Å². The molecule has 0 radical (unpaired) electrons. The molecule has 1 aromatic carbocycles. The van der Waals surface area contributed by atoms with Crippen LogP contribution in [0.3, 0.4) is 0 Å². The molecule has 170 valence electrons. The molecule has 1 unspecified atom stereocenters. The first-order valence-electron chi connectivity index (χ1n) is 11.6. The number of nitrogens with one attached hydrogen (secondary N) is 1. The summed E-state index contributed by atoms with van der Waals surface area (Å²) in [7, 11) is 0. The van der Waals surface area contributed by atoms with Crippen LogP contribution in [0, 0.1) is 0 Å². The highest BCUT2D eigenvalue weighted by molar-refractivity contribution is 7.99. The summed E-state index contributed by atoms with van der Waals surface area (Å²) in [5, 5.41) is 15.2. The molecule has 1 aliphatic rings. The van der Waals surface area contributed by atoms with Crippen LogP contribution in [-0.2, 0) is 17.6 Å². The Bertz CT molecular complexity index is 965. The lowest BCUT2D eigenvalue weighted by molar-refractivity contribution is -0.119. The van der Waals surface area contributed by atoms with Crippen LogP contribution in [0.1, 0.15) is 67.8 Å². The molecule has 0 saturated heterocycles. The summed E-state index contributed by atoms with van der Waals surface area (Å²) in [6, 6.07) is 15.3. The Morgan fingerprint density at radius 1 is 1.16 bits per heavy atom. The molecule has 7 heteroatoms. The Balaban J connectivity index is 1.34. The van der Waals surface area contributed by atoms with Gasteiger partial charge in [-0.25, -0.2) is 0 Å². The Kier molecular flexibility index (Phi) is 8.40. The number of benzene rings is 1. The molecule has 1 saturated carbocycles. The van der Waals surface area contributed by atoms with Crippen LogP contribution in [-0.4, -0.2) is 32.5 Å². The van der Waals surface area contributed by atoms with Gasteiger partial charge < -0.3 is 9.88 Å². The third-order valence-corrected chi connectivity index (χ3v) is 7.86. The summed E-state index contributed by atoms with van der Waals surface area (Å²) >= 11 is 3.28. The molecule has 0 bridgehead atoms. The second kappa shape index (κ2) is 11.7. The van der Waals surface area contributed by atoms with Gasteiger partial charge in [-0.15, -0.1) is 21.5 Å². The summed E-state index contributed by atoms with van der Waals surface area (Å²) in [5.74, 6) is 1.46. The molecule has 1 N–H and O–H groups in total. The molecule has 0 spiro atoms. The van der Waals surface area contributed by atoms with E-state index in [2.05, 4.69) is 68.8 Å². The SMILES string of the molecule is CC(CCc1ccccc1)NC(=O)CSc1nnc(Cc2cccs2)n1C1CCCCC1. The second-order valence-electron chi connectivity index (χ2n) is 8.60. The van der Waals surface area contributed by atoms with Gasteiger partial charge >= 0.3 is 0 Å². The number of carbonyl (C=O) groups is 1. The summed E-state index contributed by atoms with van der Waals surface area (Å²) in [5.41, 5.74) is 1.31. The first-order chi connectivity index (χ1) is 15.7. The van der Waals surface area contributed by atoms with E-state index in [1.54, 1.807) is 11.3 Å². The lowest BCUT2D eigenvalue weighted by Crippen LogP contribution is -2.34. The van der Waals surface area contributed by atoms with E-state index >= 15 is 0 Å². The van der Waals surface area contributed by atoms with E-state index in [0.29, 0.717) is 11.8 Å². The van der Waals surface area contributed by atoms with Crippen molar-refractivity contribution in [3.63, 3.8) is 0 Å². The van der Waals surface area contributed by atoms with Crippen LogP contribution in [0.25, 0.3) is 0 Å². The molecular formula is C25H32N4OS2. The molecule has 2 aromatic heterocycles. The van der Waals surface area contributed by atoms with Crippen molar-refractivity contribution in [1.82, 2.24) is 20.1 Å². The number of hydrogen-bond donors (Lipinski definition) is 1. The van der Waals surface area contributed by atoms with Gasteiger partial charge in [0.25, 0.3) is 0 Å². The van der Waals surface area contributed by atoms with E-state index in [1.165, 1.54) is 54.3 Å². The van der Waals surface area contributed by atoms with Crippen LogP contribution >= 0.6 is 23.1 Å². The smallest absolute Gasteiger partial charge is 0.230 e. The Labute approximate surface area is 199 Å². The molecule has 4 rings (SSSR count). The normalized spacial score (nSPS) is 15.5. The number of nitrogens with zero attached hydrogens (tertiary/aromatic N) is 3. The Hall–Kier alpha value is -2.12. The molecule has 1 amide bonds. The van der Waals surface area contributed by atoms with Crippen molar-refractivity contribution in [2.45, 2.75) is 75.5 Å². The van der Waals surface area contributed by atoms with E-state index in [1.807, 2.05) is 6.07 Å². The highest BCUT2D eigenvalue weighted by Gasteiger charge is 2.24. The van der Waals surface area contributed by atoms with E-state index in [9.17, 15) is 4.79 Å². The van der Waals surface area contributed by atoms with Gasteiger partial charge in [-0.2, -0.15) is 0 Å². The predicted octanol–water partition coefficient (Wildman–Crippen LogP) is 5.67. The molecular weight excluding hydrogens is 436 g/mol. The fourth-order valence-corrected chi connectivity index (χ4v) is 5.89. The number of thiophene rings is 1. The third-order valence-electron chi connectivity index (χ3n) is 6.04. The van der Waals surface area contributed by atoms with Crippen LogP contribution in [0.15, 0.2) is 53.0 Å². The lowest BCUT2D eigenvalue weighted by atomic mass is 9.95. The average molecular weight is 469 g/mol. The zero-order valence-corrected chi connectivity index (χ0v) is 20.3. The number of aryl methyl sites for hydroxylation is 1. The lowest BCUT2D eigenvalue weighted by Gasteiger charge is -2.25. The van der Waals surface area contributed by atoms with Crippen LogP contribution in [0.4, 0.5) is 0 Å². The maximum Gasteiger partial charge on any atom is 0.230 e. The standard InChI is InChI=1S/C25H32N4OS2/c1-19(14-15-20-9-4-2-5-10-20)26-24(30)18-32-25-28-27-23(17-22-13-8-16-31-22)29(25)21-11-6-3-7-12-21/h2,4-5,8-10,13,16,19,21H,3,6-7,11-12,14-15,17-18H2,1H3,(H,26,30). The van der Waals surface area contributed by atoms with Gasteiger partial charge in [0.05, 0.1) is 5.75 Å². The second-order valence-corrected chi connectivity index (χ2v) is 10.6. The van der Waals surface area contributed by atoms with Crippen molar-refractivity contribution >= 4 is 29.0 Å². The number of carbonyl (C=O) groups excluding carboxylic acids is 1. The minimum atomic E-state index is 0.0635. The molecule has 1 atom stereocenters. The minimum absolute atomic E-state index is 0.0635. The van der Waals surface area contributed by atoms with Gasteiger partial charge in [-0.05, 0) is 49.6 Å². The van der Waals surface area contributed by atoms with Gasteiger partial charge in [-0.1, -0.05) is 67.4 Å². The van der Waals surface area contributed by atoms with Gasteiger partial charge in [0.15, 0.2) is 5.16 Å². The van der Waals surface area contributed by atoms with Crippen molar-refractivity contribution in [2.24, 2.45) is 0 Å². The molecule has 2 heterocycles. The van der Waals surface area contributed by atoms with Crippen molar-refractivity contribution in [1.29, 1.82) is 0 Å². The third kappa shape index (κ3) is 6.45. The van der Waals surface area contributed by atoms with E-state index in [4.69, 9.17) is 0 Å². The van der Waals surface area contributed by atoms with Gasteiger partial charge in [0, 0.05) is 23.4 Å². The average Bonchev–Trinajstić information content (AvgIpc) is 3.48. The number of aromatic nitrogens is 3. The van der Waals surface area contributed by atoms with Crippen molar-refractivity contribution < 1.29 is 4.79 Å². The zero-order valence-electron chi connectivity index (χ0n) is 18.7. The van der Waals surface area contributed by atoms with Crippen molar-refractivity contribution in [3.8, 4) is 0 Å². The van der Waals surface area contributed by atoms with Gasteiger partial charge in [-0.3, -0.25) is 4.79 Å². The maximum atomic E-state index is 12.6. The fourth-order valence-electron chi connectivity index (χ4n) is 4.35. The van der Waals surface area contributed by atoms with Crippen molar-refractivity contribution in [3.05, 3.63) is 64.1 Å². The van der Waals surface area contributed by atoms with E-state index in [-0.39, 0.29) is 11.9 Å². The summed E-state index contributed by atoms with van der Waals surface area (Å²) in [4.78, 5) is 13.9. The molecule has 32 heavy (non-hydrogen) atoms.